The van der Waals surface area contributed by atoms with E-state index in [1.54, 1.807) is 0 Å². The predicted octanol–water partition coefficient (Wildman–Crippen LogP) is 12.0. The third-order valence-corrected chi connectivity index (χ3v) is 9.75. The molecule has 0 atom stereocenters. The Labute approximate surface area is 283 Å². The smallest absolute Gasteiger partial charge is 0.160 e. The molecule has 228 valence electrons. The molecule has 0 aliphatic rings. The van der Waals surface area contributed by atoms with Gasteiger partial charge in [-0.25, -0.2) is 9.97 Å². The van der Waals surface area contributed by atoms with Crippen molar-refractivity contribution in [3.05, 3.63) is 176 Å². The van der Waals surface area contributed by atoms with Gasteiger partial charge in [-0.2, -0.15) is 0 Å². The van der Waals surface area contributed by atoms with E-state index in [-0.39, 0.29) is 0 Å². The molecule has 3 heteroatoms. The first-order valence-electron chi connectivity index (χ1n) is 16.7. The normalized spacial score (nSPS) is 11.7. The van der Waals surface area contributed by atoms with Gasteiger partial charge in [-0.1, -0.05) is 158 Å². The third kappa shape index (κ3) is 4.37. The molecule has 0 saturated carbocycles. The van der Waals surface area contributed by atoms with Crippen LogP contribution in [0, 0.1) is 0 Å². The van der Waals surface area contributed by atoms with Gasteiger partial charge in [-0.15, -0.1) is 0 Å². The van der Waals surface area contributed by atoms with Crippen molar-refractivity contribution < 1.29 is 0 Å². The van der Waals surface area contributed by atoms with Gasteiger partial charge >= 0.3 is 0 Å². The number of rotatable bonds is 4. The molecule has 0 bridgehead atoms. The van der Waals surface area contributed by atoms with E-state index in [2.05, 4.69) is 156 Å². The number of hydrogen-bond donors (Lipinski definition) is 0. The summed E-state index contributed by atoms with van der Waals surface area (Å²) in [6, 6.07) is 62.5. The van der Waals surface area contributed by atoms with Crippen LogP contribution >= 0.6 is 0 Å². The SMILES string of the molecule is c1ccc(-c2cc(-c3cccc(-n4c5c6ccccc6ccc5c5c6ccccc6c6ccccc6c54)c3)nc(-c3ccccc3)n2)cc1. The molecule has 10 aromatic rings. The Hall–Kier alpha value is -6.58. The van der Waals surface area contributed by atoms with Crippen molar-refractivity contribution in [3.8, 4) is 39.6 Å². The molecule has 2 heterocycles. The molecule has 0 fully saturated rings. The summed E-state index contributed by atoms with van der Waals surface area (Å²) in [5.74, 6) is 0.711. The molecule has 0 radical (unpaired) electrons. The number of aromatic nitrogens is 3. The summed E-state index contributed by atoms with van der Waals surface area (Å²) < 4.78 is 2.49. The fraction of sp³-hybridized carbons (Fsp3) is 0. The van der Waals surface area contributed by atoms with Crippen molar-refractivity contribution in [1.29, 1.82) is 0 Å². The highest BCUT2D eigenvalue weighted by Gasteiger charge is 2.21. The maximum Gasteiger partial charge on any atom is 0.160 e. The molecule has 0 N–H and O–H groups in total. The highest BCUT2D eigenvalue weighted by atomic mass is 15.0. The van der Waals surface area contributed by atoms with Crippen LogP contribution in [0.4, 0.5) is 0 Å². The van der Waals surface area contributed by atoms with Crippen molar-refractivity contribution in [3.63, 3.8) is 0 Å². The second-order valence-electron chi connectivity index (χ2n) is 12.6. The van der Waals surface area contributed by atoms with E-state index in [0.717, 1.165) is 33.8 Å². The summed E-state index contributed by atoms with van der Waals surface area (Å²) >= 11 is 0. The van der Waals surface area contributed by atoms with Gasteiger partial charge in [0.05, 0.1) is 22.4 Å². The standard InChI is InChI=1S/C46H29N3/c1-3-15-31(16-4-1)41-29-42(48-46(47-41)32-17-5-2-6-18-32)33-19-13-20-34(28-33)49-44-35-21-8-7-14-30(35)26-27-40(44)43-38-24-11-9-22-36(38)37-23-10-12-25-39(37)45(43)49/h1-29H. The first-order chi connectivity index (χ1) is 24.3. The van der Waals surface area contributed by atoms with E-state index in [1.807, 2.05) is 24.3 Å². The second-order valence-corrected chi connectivity index (χ2v) is 12.6. The van der Waals surface area contributed by atoms with E-state index in [0.29, 0.717) is 5.82 Å². The van der Waals surface area contributed by atoms with E-state index in [1.165, 1.54) is 54.1 Å². The van der Waals surface area contributed by atoms with Crippen LogP contribution in [0.25, 0.3) is 93.7 Å². The zero-order chi connectivity index (χ0) is 32.3. The fourth-order valence-electron chi connectivity index (χ4n) is 7.57. The van der Waals surface area contributed by atoms with Gasteiger partial charge in [-0.05, 0) is 39.7 Å². The highest BCUT2D eigenvalue weighted by molar-refractivity contribution is 6.34. The van der Waals surface area contributed by atoms with E-state index in [4.69, 9.17) is 9.97 Å². The van der Waals surface area contributed by atoms with E-state index in [9.17, 15) is 0 Å². The van der Waals surface area contributed by atoms with Crippen molar-refractivity contribution in [2.45, 2.75) is 0 Å². The monoisotopic (exact) mass is 623 g/mol. The maximum atomic E-state index is 5.17. The number of benzene rings is 8. The zero-order valence-corrected chi connectivity index (χ0v) is 26.6. The van der Waals surface area contributed by atoms with Crippen molar-refractivity contribution in [2.24, 2.45) is 0 Å². The average Bonchev–Trinajstić information content (AvgIpc) is 3.55. The van der Waals surface area contributed by atoms with E-state index >= 15 is 0 Å². The topological polar surface area (TPSA) is 30.7 Å². The summed E-state index contributed by atoms with van der Waals surface area (Å²) in [7, 11) is 0. The largest absolute Gasteiger partial charge is 0.308 e. The molecule has 3 nitrogen and oxygen atoms in total. The second kappa shape index (κ2) is 11.0. The molecule has 0 unspecified atom stereocenters. The Morgan fingerprint density at radius 2 is 0.918 bits per heavy atom. The van der Waals surface area contributed by atoms with Crippen LogP contribution in [-0.2, 0) is 0 Å². The average molecular weight is 624 g/mol. The number of fused-ring (bicyclic) bond motifs is 10. The van der Waals surface area contributed by atoms with Crippen LogP contribution in [-0.4, -0.2) is 14.5 Å². The van der Waals surface area contributed by atoms with Gasteiger partial charge in [0.25, 0.3) is 0 Å². The van der Waals surface area contributed by atoms with Gasteiger partial charge in [-0.3, -0.25) is 0 Å². The van der Waals surface area contributed by atoms with Crippen molar-refractivity contribution in [1.82, 2.24) is 14.5 Å². The lowest BCUT2D eigenvalue weighted by atomic mass is 9.96. The Kier molecular flexibility index (Phi) is 6.18. The van der Waals surface area contributed by atoms with Gasteiger partial charge in [0.15, 0.2) is 5.82 Å². The molecule has 0 aliphatic carbocycles. The van der Waals surface area contributed by atoms with Gasteiger partial charge < -0.3 is 4.57 Å². The predicted molar refractivity (Wildman–Crippen MR) is 205 cm³/mol. The molecular weight excluding hydrogens is 595 g/mol. The van der Waals surface area contributed by atoms with Crippen LogP contribution in [0.2, 0.25) is 0 Å². The summed E-state index contributed by atoms with van der Waals surface area (Å²) in [6.07, 6.45) is 0. The van der Waals surface area contributed by atoms with Crippen LogP contribution in [0.1, 0.15) is 0 Å². The van der Waals surface area contributed by atoms with Gasteiger partial charge in [0.2, 0.25) is 0 Å². The van der Waals surface area contributed by atoms with Crippen LogP contribution in [0.5, 0.6) is 0 Å². The minimum atomic E-state index is 0.711. The molecule has 2 aromatic heterocycles. The molecule has 0 spiro atoms. The third-order valence-electron chi connectivity index (χ3n) is 9.75. The lowest BCUT2D eigenvalue weighted by Crippen LogP contribution is -1.98. The summed E-state index contributed by atoms with van der Waals surface area (Å²) in [5, 5.41) is 10.0. The molecule has 8 aromatic carbocycles. The van der Waals surface area contributed by atoms with E-state index < -0.39 is 0 Å². The molecule has 10 rings (SSSR count). The lowest BCUT2D eigenvalue weighted by Gasteiger charge is -2.14. The summed E-state index contributed by atoms with van der Waals surface area (Å²) in [4.78, 5) is 10.2. The molecule has 0 saturated heterocycles. The lowest BCUT2D eigenvalue weighted by molar-refractivity contribution is 1.17. The number of nitrogens with zero attached hydrogens (tertiary/aromatic N) is 3. The maximum absolute atomic E-state index is 5.17. The van der Waals surface area contributed by atoms with Gasteiger partial charge in [0, 0.05) is 43.9 Å². The minimum absolute atomic E-state index is 0.711. The quantitative estimate of drug-likeness (QED) is 0.183. The first-order valence-corrected chi connectivity index (χ1v) is 16.7. The summed E-state index contributed by atoms with van der Waals surface area (Å²) in [5.41, 5.74) is 8.40. The van der Waals surface area contributed by atoms with Crippen LogP contribution in [0.15, 0.2) is 176 Å². The Morgan fingerprint density at radius 3 is 1.67 bits per heavy atom. The summed E-state index contributed by atoms with van der Waals surface area (Å²) in [6.45, 7) is 0. The van der Waals surface area contributed by atoms with Crippen LogP contribution < -0.4 is 0 Å². The van der Waals surface area contributed by atoms with Crippen LogP contribution in [0.3, 0.4) is 0 Å². The zero-order valence-electron chi connectivity index (χ0n) is 26.6. The molecule has 0 aliphatic heterocycles. The number of hydrogen-bond acceptors (Lipinski definition) is 2. The Bertz CT molecular complexity index is 2810. The minimum Gasteiger partial charge on any atom is -0.308 e. The van der Waals surface area contributed by atoms with Gasteiger partial charge in [0.1, 0.15) is 0 Å². The fourth-order valence-corrected chi connectivity index (χ4v) is 7.57. The van der Waals surface area contributed by atoms with Crippen molar-refractivity contribution >= 4 is 54.1 Å². The van der Waals surface area contributed by atoms with Crippen molar-refractivity contribution in [2.75, 3.05) is 0 Å². The first kappa shape index (κ1) is 27.5. The molecular formula is C46H29N3. The molecule has 49 heavy (non-hydrogen) atoms. The Morgan fingerprint density at radius 1 is 0.347 bits per heavy atom. The Balaban J connectivity index is 1.30. The highest BCUT2D eigenvalue weighted by Crippen LogP contribution is 2.44. The molecule has 0 amide bonds.